The van der Waals surface area contributed by atoms with E-state index in [1.165, 1.54) is 12.1 Å². The molecule has 3 atom stereocenters. The summed E-state index contributed by atoms with van der Waals surface area (Å²) in [5.74, 6) is 2.49. The molecule has 5 rings (SSSR count). The standard InChI is InChI=1S/C28H28FNO3/c29-24-8-12-26(13-9-24)33-27-14-22-16-30(17-23(22)15-27)18-28(31)21-6-10-25(11-7-21)32-19-20-4-2-1-3-5-20/h1-13,22-23,27H,14-19H2/t22-,23+,27?. The number of carbonyl (C=O) groups excluding carboxylic acids is 1. The number of rotatable bonds is 8. The maximum atomic E-state index is 13.1. The van der Waals surface area contributed by atoms with Gasteiger partial charge in [-0.1, -0.05) is 30.3 Å². The summed E-state index contributed by atoms with van der Waals surface area (Å²) < 4.78 is 24.9. The Labute approximate surface area is 193 Å². The molecule has 1 saturated heterocycles. The van der Waals surface area contributed by atoms with Crippen LogP contribution in [0.2, 0.25) is 0 Å². The van der Waals surface area contributed by atoms with Crippen molar-refractivity contribution in [1.29, 1.82) is 0 Å². The highest BCUT2D eigenvalue weighted by Gasteiger charge is 2.42. The molecule has 3 aromatic rings. The first-order valence-electron chi connectivity index (χ1n) is 11.6. The molecule has 2 aliphatic rings. The lowest BCUT2D eigenvalue weighted by Gasteiger charge is -2.19. The molecule has 2 fully saturated rings. The summed E-state index contributed by atoms with van der Waals surface area (Å²) in [6.07, 6.45) is 2.15. The third kappa shape index (κ3) is 5.42. The van der Waals surface area contributed by atoms with E-state index in [1.807, 2.05) is 54.6 Å². The number of benzene rings is 3. The van der Waals surface area contributed by atoms with Crippen molar-refractivity contribution in [3.05, 3.63) is 95.8 Å². The number of fused-ring (bicyclic) bond motifs is 1. The molecule has 1 unspecified atom stereocenters. The molecule has 4 nitrogen and oxygen atoms in total. The lowest BCUT2D eigenvalue weighted by Crippen LogP contribution is -2.30. The zero-order valence-corrected chi connectivity index (χ0v) is 18.5. The molecule has 3 aromatic carbocycles. The Bertz CT molecular complexity index is 1050. The average Bonchev–Trinajstić information content (AvgIpc) is 3.38. The first kappa shape index (κ1) is 21.7. The van der Waals surface area contributed by atoms with E-state index in [-0.39, 0.29) is 17.7 Å². The summed E-state index contributed by atoms with van der Waals surface area (Å²) in [6.45, 7) is 2.81. The van der Waals surface area contributed by atoms with Gasteiger partial charge in [-0.3, -0.25) is 9.69 Å². The van der Waals surface area contributed by atoms with Gasteiger partial charge in [-0.05, 0) is 78.8 Å². The van der Waals surface area contributed by atoms with Gasteiger partial charge in [-0.15, -0.1) is 0 Å². The summed E-state index contributed by atoms with van der Waals surface area (Å²) >= 11 is 0. The summed E-state index contributed by atoms with van der Waals surface area (Å²) in [4.78, 5) is 15.1. The lowest BCUT2D eigenvalue weighted by molar-refractivity contribution is 0.0936. The maximum Gasteiger partial charge on any atom is 0.176 e. The van der Waals surface area contributed by atoms with Gasteiger partial charge in [0.2, 0.25) is 0 Å². The Morgan fingerprint density at radius 1 is 0.848 bits per heavy atom. The minimum atomic E-state index is -0.250. The number of ketones is 1. The van der Waals surface area contributed by atoms with Gasteiger partial charge in [0, 0.05) is 18.7 Å². The fourth-order valence-corrected chi connectivity index (χ4v) is 5.04. The Balaban J connectivity index is 1.08. The quantitative estimate of drug-likeness (QED) is 0.437. The highest BCUT2D eigenvalue weighted by Crippen LogP contribution is 2.39. The predicted molar refractivity (Wildman–Crippen MR) is 125 cm³/mol. The third-order valence-corrected chi connectivity index (χ3v) is 6.69. The molecule has 0 amide bonds. The monoisotopic (exact) mass is 445 g/mol. The van der Waals surface area contributed by atoms with Gasteiger partial charge in [-0.2, -0.15) is 0 Å². The van der Waals surface area contributed by atoms with Crippen LogP contribution in [-0.4, -0.2) is 36.4 Å². The topological polar surface area (TPSA) is 38.8 Å². The van der Waals surface area contributed by atoms with Crippen LogP contribution in [0.1, 0.15) is 28.8 Å². The van der Waals surface area contributed by atoms with Crippen LogP contribution in [0.15, 0.2) is 78.9 Å². The molecule has 5 heteroatoms. The molecule has 0 bridgehead atoms. The van der Waals surface area contributed by atoms with Crippen LogP contribution in [0, 0.1) is 17.7 Å². The molecule has 0 spiro atoms. The number of ether oxygens (including phenoxy) is 2. The van der Waals surface area contributed by atoms with Gasteiger partial charge >= 0.3 is 0 Å². The predicted octanol–water partition coefficient (Wildman–Crippen LogP) is 5.38. The van der Waals surface area contributed by atoms with Crippen LogP contribution in [0.3, 0.4) is 0 Å². The normalized spacial score (nSPS) is 22.2. The number of nitrogens with zero attached hydrogens (tertiary/aromatic N) is 1. The van der Waals surface area contributed by atoms with E-state index >= 15 is 0 Å². The molecule has 0 aromatic heterocycles. The van der Waals surface area contributed by atoms with Crippen molar-refractivity contribution < 1.29 is 18.7 Å². The van der Waals surface area contributed by atoms with E-state index in [9.17, 15) is 9.18 Å². The van der Waals surface area contributed by atoms with Crippen molar-refractivity contribution in [3.63, 3.8) is 0 Å². The van der Waals surface area contributed by atoms with Crippen LogP contribution in [0.5, 0.6) is 11.5 Å². The van der Waals surface area contributed by atoms with E-state index in [2.05, 4.69) is 4.90 Å². The SMILES string of the molecule is O=C(CN1C[C@H]2CC(Oc3ccc(F)cc3)C[C@H]2C1)c1ccc(OCc2ccccc2)cc1. The molecule has 0 N–H and O–H groups in total. The maximum absolute atomic E-state index is 13.1. The Morgan fingerprint density at radius 2 is 1.48 bits per heavy atom. The number of likely N-dealkylation sites (tertiary alicyclic amines) is 1. The molecular formula is C28H28FNO3. The second-order valence-electron chi connectivity index (χ2n) is 9.10. The zero-order chi connectivity index (χ0) is 22.6. The highest BCUT2D eigenvalue weighted by atomic mass is 19.1. The van der Waals surface area contributed by atoms with Gasteiger partial charge < -0.3 is 9.47 Å². The fourth-order valence-electron chi connectivity index (χ4n) is 5.04. The molecule has 1 saturated carbocycles. The van der Waals surface area contributed by atoms with Crippen LogP contribution >= 0.6 is 0 Å². The van der Waals surface area contributed by atoms with Crippen molar-refractivity contribution in [2.24, 2.45) is 11.8 Å². The molecule has 1 aliphatic carbocycles. The number of hydrogen-bond donors (Lipinski definition) is 0. The number of carbonyl (C=O) groups is 1. The molecular weight excluding hydrogens is 417 g/mol. The molecule has 1 aliphatic heterocycles. The van der Waals surface area contributed by atoms with Gasteiger partial charge in [-0.25, -0.2) is 4.39 Å². The van der Waals surface area contributed by atoms with E-state index < -0.39 is 0 Å². The summed E-state index contributed by atoms with van der Waals surface area (Å²) in [6, 6.07) is 23.7. The largest absolute Gasteiger partial charge is 0.490 e. The second kappa shape index (κ2) is 9.75. The smallest absolute Gasteiger partial charge is 0.176 e. The Kier molecular flexibility index (Phi) is 6.40. The van der Waals surface area contributed by atoms with Crippen LogP contribution in [0.4, 0.5) is 4.39 Å². The summed E-state index contributed by atoms with van der Waals surface area (Å²) in [5, 5.41) is 0. The van der Waals surface area contributed by atoms with Crippen LogP contribution in [-0.2, 0) is 6.61 Å². The van der Waals surface area contributed by atoms with Gasteiger partial charge in [0.05, 0.1) is 12.6 Å². The van der Waals surface area contributed by atoms with Gasteiger partial charge in [0.15, 0.2) is 5.78 Å². The molecule has 1 heterocycles. The van der Waals surface area contributed by atoms with Crippen LogP contribution < -0.4 is 9.47 Å². The lowest BCUT2D eigenvalue weighted by atomic mass is 10.0. The van der Waals surface area contributed by atoms with Crippen molar-refractivity contribution >= 4 is 5.78 Å². The Hall–Kier alpha value is -3.18. The van der Waals surface area contributed by atoms with Crippen molar-refractivity contribution in [2.45, 2.75) is 25.6 Å². The fraction of sp³-hybridized carbons (Fsp3) is 0.321. The van der Waals surface area contributed by atoms with Gasteiger partial charge in [0.25, 0.3) is 0 Å². The Morgan fingerprint density at radius 3 is 2.15 bits per heavy atom. The highest BCUT2D eigenvalue weighted by molar-refractivity contribution is 5.97. The first-order valence-corrected chi connectivity index (χ1v) is 11.6. The molecule has 170 valence electrons. The number of hydrogen-bond acceptors (Lipinski definition) is 4. The van der Waals surface area contributed by atoms with Gasteiger partial charge in [0.1, 0.15) is 23.9 Å². The van der Waals surface area contributed by atoms with Crippen molar-refractivity contribution in [1.82, 2.24) is 4.90 Å². The van der Waals surface area contributed by atoms with Crippen molar-refractivity contribution in [3.8, 4) is 11.5 Å². The third-order valence-electron chi connectivity index (χ3n) is 6.69. The summed E-state index contributed by atoms with van der Waals surface area (Å²) in [5.41, 5.74) is 1.83. The zero-order valence-electron chi connectivity index (χ0n) is 18.5. The minimum Gasteiger partial charge on any atom is -0.490 e. The van der Waals surface area contributed by atoms with E-state index in [1.54, 1.807) is 12.1 Å². The first-order chi connectivity index (χ1) is 16.1. The number of halogens is 1. The molecule has 33 heavy (non-hydrogen) atoms. The van der Waals surface area contributed by atoms with E-state index in [4.69, 9.17) is 9.47 Å². The molecule has 0 radical (unpaired) electrons. The van der Waals surface area contributed by atoms with Crippen molar-refractivity contribution in [2.75, 3.05) is 19.6 Å². The van der Waals surface area contributed by atoms with Crippen LogP contribution in [0.25, 0.3) is 0 Å². The second-order valence-corrected chi connectivity index (χ2v) is 9.10. The average molecular weight is 446 g/mol. The summed E-state index contributed by atoms with van der Waals surface area (Å²) in [7, 11) is 0. The minimum absolute atomic E-state index is 0.142. The number of Topliss-reactive ketones (excluding diaryl/α,β-unsaturated/α-hetero) is 1. The van der Waals surface area contributed by atoms with E-state index in [0.29, 0.717) is 25.0 Å². The van der Waals surface area contributed by atoms with E-state index in [0.717, 1.165) is 48.6 Å².